The molecule has 47 heavy (non-hydrogen) atoms. The number of hydrazine groups is 1. The van der Waals surface area contributed by atoms with Gasteiger partial charge in [-0.1, -0.05) is 18.4 Å². The van der Waals surface area contributed by atoms with Gasteiger partial charge in [-0.15, -0.1) is 6.42 Å². The minimum absolute atomic E-state index is 0.0640. The van der Waals surface area contributed by atoms with Crippen LogP contribution in [0.15, 0.2) is 30.5 Å². The summed E-state index contributed by atoms with van der Waals surface area (Å²) in [5, 5.41) is 2.74. The average molecular weight is 666 g/mol. The molecule has 0 saturated carbocycles. The van der Waals surface area contributed by atoms with Crippen LogP contribution in [0.4, 0.5) is 24.7 Å². The largest absolute Gasteiger partial charge is 0.461 e. The molecule has 0 amide bonds. The first-order chi connectivity index (χ1) is 22.5. The van der Waals surface area contributed by atoms with Crippen LogP contribution in [0.25, 0.3) is 32.9 Å². The van der Waals surface area contributed by atoms with Gasteiger partial charge in [-0.05, 0) is 55.8 Å². The number of nitrogens with one attached hydrogen (secondary N) is 2. The molecule has 0 unspecified atom stereocenters. The van der Waals surface area contributed by atoms with E-state index in [4.69, 9.17) is 16.1 Å². The molecule has 4 aromatic rings. The summed E-state index contributed by atoms with van der Waals surface area (Å²) in [6.07, 6.45) is 12.1. The SMILES string of the molecule is C#Cc1c(F)ccc2cc(NS(C)(=O)=O)cc(-c3ncc4c(N5CCCCCN5)nc(OC[C@@]56CCCN5C[C@H](F)C6)nc4c3F)c12. The molecule has 7 rings (SSSR count). The van der Waals surface area contributed by atoms with E-state index in [0.717, 1.165) is 44.9 Å². The van der Waals surface area contributed by atoms with E-state index in [9.17, 15) is 17.2 Å². The zero-order chi connectivity index (χ0) is 32.9. The lowest BCUT2D eigenvalue weighted by Crippen LogP contribution is -2.43. The van der Waals surface area contributed by atoms with Crippen molar-refractivity contribution < 1.29 is 26.3 Å². The van der Waals surface area contributed by atoms with Crippen LogP contribution in [-0.4, -0.2) is 79.0 Å². The Bertz CT molecular complexity index is 2030. The zero-order valence-electron chi connectivity index (χ0n) is 25.8. The molecular formula is C33H34F3N7O3S. The van der Waals surface area contributed by atoms with Crippen molar-refractivity contribution >= 4 is 43.2 Å². The standard InChI is InChI=1S/C33H34F3N7O3S/c1-3-23-26(35)9-8-20-14-22(41-47(2,44)45)15-24(27(20)23)29-28(36)30-25(17-37-29)31(43-13-6-4-5-11-38-43)40-32(39-30)46-19-33-10-7-12-42(33)18-21(34)16-33/h1,8-9,14-15,17,21,38,41H,4-7,10-13,16,18-19H2,2H3/t21-,33+/m1/s1. The number of nitrogens with zero attached hydrogens (tertiary/aromatic N) is 5. The van der Waals surface area contributed by atoms with Crippen LogP contribution >= 0.6 is 0 Å². The second-order valence-electron chi connectivity index (χ2n) is 12.6. The highest BCUT2D eigenvalue weighted by Crippen LogP contribution is 2.41. The van der Waals surface area contributed by atoms with Gasteiger partial charge >= 0.3 is 6.01 Å². The van der Waals surface area contributed by atoms with Crippen LogP contribution in [0, 0.1) is 24.0 Å². The second-order valence-corrected chi connectivity index (χ2v) is 14.3. The number of ether oxygens (including phenoxy) is 1. The summed E-state index contributed by atoms with van der Waals surface area (Å²) >= 11 is 0. The van der Waals surface area contributed by atoms with Gasteiger partial charge in [0.25, 0.3) is 0 Å². The zero-order valence-corrected chi connectivity index (χ0v) is 26.6. The first kappa shape index (κ1) is 31.4. The summed E-state index contributed by atoms with van der Waals surface area (Å²) in [5.74, 6) is 1.19. The van der Waals surface area contributed by atoms with Crippen molar-refractivity contribution in [2.45, 2.75) is 50.2 Å². The summed E-state index contributed by atoms with van der Waals surface area (Å²) in [7, 11) is -3.72. The lowest BCUT2D eigenvalue weighted by molar-refractivity contribution is 0.107. The summed E-state index contributed by atoms with van der Waals surface area (Å²) in [6, 6.07) is 5.42. The number of sulfonamides is 1. The van der Waals surface area contributed by atoms with Gasteiger partial charge < -0.3 is 4.74 Å². The first-order valence-corrected chi connectivity index (χ1v) is 17.5. The molecule has 3 aliphatic rings. The van der Waals surface area contributed by atoms with Crippen LogP contribution < -0.4 is 19.9 Å². The Kier molecular flexibility index (Phi) is 8.10. The van der Waals surface area contributed by atoms with Crippen LogP contribution in [-0.2, 0) is 10.0 Å². The van der Waals surface area contributed by atoms with Crippen molar-refractivity contribution in [1.82, 2.24) is 25.3 Å². The van der Waals surface area contributed by atoms with Crippen molar-refractivity contribution in [3.63, 3.8) is 0 Å². The highest BCUT2D eigenvalue weighted by molar-refractivity contribution is 7.92. The quantitative estimate of drug-likeness (QED) is 0.266. The van der Waals surface area contributed by atoms with Crippen molar-refractivity contribution in [1.29, 1.82) is 0 Å². The Labute approximate surface area is 270 Å². The lowest BCUT2D eigenvalue weighted by Gasteiger charge is -2.31. The Hall–Kier alpha value is -4.19. The van der Waals surface area contributed by atoms with Crippen molar-refractivity contribution in [3.05, 3.63) is 47.7 Å². The number of fused-ring (bicyclic) bond motifs is 3. The first-order valence-electron chi connectivity index (χ1n) is 15.7. The highest BCUT2D eigenvalue weighted by atomic mass is 32.2. The van der Waals surface area contributed by atoms with Crippen molar-refractivity contribution in [2.24, 2.45) is 0 Å². The van der Waals surface area contributed by atoms with E-state index < -0.39 is 33.4 Å². The molecule has 2 N–H and O–H groups in total. The minimum atomic E-state index is -3.72. The normalized spacial score (nSPS) is 21.9. The third kappa shape index (κ3) is 5.92. The van der Waals surface area contributed by atoms with Crippen molar-refractivity contribution in [2.75, 3.05) is 48.8 Å². The smallest absolute Gasteiger partial charge is 0.319 e. The van der Waals surface area contributed by atoms with Crippen LogP contribution in [0.1, 0.15) is 44.1 Å². The Balaban J connectivity index is 1.40. The Morgan fingerprint density at radius 1 is 1.17 bits per heavy atom. The number of hydrogen-bond donors (Lipinski definition) is 2. The molecule has 3 aliphatic heterocycles. The van der Waals surface area contributed by atoms with E-state index in [0.29, 0.717) is 42.6 Å². The minimum Gasteiger partial charge on any atom is -0.461 e. The summed E-state index contributed by atoms with van der Waals surface area (Å²) in [5.41, 5.74) is 2.66. The van der Waals surface area contributed by atoms with Gasteiger partial charge in [0.05, 0.1) is 22.7 Å². The van der Waals surface area contributed by atoms with E-state index in [2.05, 4.69) is 30.9 Å². The van der Waals surface area contributed by atoms with E-state index in [1.54, 1.807) is 0 Å². The monoisotopic (exact) mass is 665 g/mol. The molecule has 3 fully saturated rings. The molecule has 2 atom stereocenters. The maximum atomic E-state index is 16.9. The predicted octanol–water partition coefficient (Wildman–Crippen LogP) is 4.93. The van der Waals surface area contributed by atoms with Gasteiger partial charge in [-0.25, -0.2) is 27.0 Å². The molecule has 0 bridgehead atoms. The molecule has 2 aromatic heterocycles. The van der Waals surface area contributed by atoms with Crippen molar-refractivity contribution in [3.8, 4) is 29.6 Å². The maximum Gasteiger partial charge on any atom is 0.319 e. The van der Waals surface area contributed by atoms with E-state index in [-0.39, 0.29) is 46.0 Å². The Morgan fingerprint density at radius 3 is 2.83 bits per heavy atom. The summed E-state index contributed by atoms with van der Waals surface area (Å²) < 4.78 is 79.2. The van der Waals surface area contributed by atoms with E-state index in [1.807, 2.05) is 5.01 Å². The number of rotatable bonds is 7. The highest BCUT2D eigenvalue weighted by Gasteiger charge is 2.49. The predicted molar refractivity (Wildman–Crippen MR) is 174 cm³/mol. The van der Waals surface area contributed by atoms with Gasteiger partial charge in [0.15, 0.2) is 11.6 Å². The third-order valence-corrected chi connectivity index (χ3v) is 9.87. The summed E-state index contributed by atoms with van der Waals surface area (Å²) in [6.45, 7) is 2.59. The number of hydrogen-bond acceptors (Lipinski definition) is 9. The van der Waals surface area contributed by atoms with Gasteiger partial charge in [0, 0.05) is 48.9 Å². The fraction of sp³-hybridized carbons (Fsp3) is 0.424. The summed E-state index contributed by atoms with van der Waals surface area (Å²) in [4.78, 5) is 15.8. The van der Waals surface area contributed by atoms with Crippen LogP contribution in [0.2, 0.25) is 0 Å². The number of aromatic nitrogens is 3. The van der Waals surface area contributed by atoms with E-state index >= 15 is 4.39 Å². The molecule has 5 heterocycles. The number of halogens is 3. The Morgan fingerprint density at radius 2 is 2.02 bits per heavy atom. The fourth-order valence-electron chi connectivity index (χ4n) is 7.21. The van der Waals surface area contributed by atoms with Gasteiger partial charge in [-0.2, -0.15) is 9.97 Å². The molecule has 14 heteroatoms. The lowest BCUT2D eigenvalue weighted by atomic mass is 9.95. The van der Waals surface area contributed by atoms with Gasteiger partial charge in [0.1, 0.15) is 29.8 Å². The number of terminal acetylenes is 1. The number of anilines is 2. The van der Waals surface area contributed by atoms with Gasteiger partial charge in [-0.3, -0.25) is 19.6 Å². The molecule has 0 radical (unpaired) electrons. The van der Waals surface area contributed by atoms with Gasteiger partial charge in [0.2, 0.25) is 10.0 Å². The molecule has 246 valence electrons. The fourth-order valence-corrected chi connectivity index (χ4v) is 7.76. The topological polar surface area (TPSA) is 113 Å². The maximum absolute atomic E-state index is 16.9. The van der Waals surface area contributed by atoms with E-state index in [1.165, 1.54) is 30.5 Å². The molecular weight excluding hydrogens is 631 g/mol. The molecule has 2 aromatic carbocycles. The number of pyridine rings is 1. The number of benzene rings is 2. The van der Waals surface area contributed by atoms with Crippen LogP contribution in [0.3, 0.4) is 0 Å². The molecule has 3 saturated heterocycles. The number of alkyl halides is 1. The molecule has 10 nitrogen and oxygen atoms in total. The third-order valence-electron chi connectivity index (χ3n) is 9.26. The van der Waals surface area contributed by atoms with Crippen LogP contribution in [0.5, 0.6) is 6.01 Å². The molecule has 0 spiro atoms. The molecule has 0 aliphatic carbocycles. The second kappa shape index (κ2) is 12.1. The average Bonchev–Trinajstić information content (AvgIpc) is 3.41.